The van der Waals surface area contributed by atoms with Gasteiger partial charge in [0.25, 0.3) is 0 Å². The van der Waals surface area contributed by atoms with E-state index >= 15 is 0 Å². The Morgan fingerprint density at radius 2 is 2.11 bits per heavy atom. The van der Waals surface area contributed by atoms with Crippen molar-refractivity contribution in [3.05, 3.63) is 34.3 Å². The first-order valence-corrected chi connectivity index (χ1v) is 7.69. The second kappa shape index (κ2) is 6.69. The Labute approximate surface area is 119 Å². The van der Waals surface area contributed by atoms with Crippen LogP contribution < -0.4 is 5.32 Å². The summed E-state index contributed by atoms with van der Waals surface area (Å²) in [5.41, 5.74) is 1.39. The topological polar surface area (TPSA) is 15.3 Å². The Kier molecular flexibility index (Phi) is 5.22. The van der Waals surface area contributed by atoms with Crippen molar-refractivity contribution in [2.45, 2.75) is 38.3 Å². The molecule has 1 aromatic carbocycles. The number of halogens is 1. The molecular weight excluding hydrogens is 288 g/mol. The number of hydrogen-bond donors (Lipinski definition) is 1. The molecule has 0 bridgehead atoms. The Morgan fingerprint density at radius 1 is 1.39 bits per heavy atom. The number of nitrogens with one attached hydrogen (secondary N) is 1. The third kappa shape index (κ3) is 3.56. The molecule has 0 amide bonds. The molecule has 1 aromatic rings. The Morgan fingerprint density at radius 3 is 2.67 bits per heavy atom. The minimum atomic E-state index is 0.479. The molecule has 0 radical (unpaired) electrons. The third-order valence-electron chi connectivity index (χ3n) is 3.95. The van der Waals surface area contributed by atoms with Gasteiger partial charge in [-0.15, -0.1) is 0 Å². The van der Waals surface area contributed by atoms with Crippen LogP contribution >= 0.6 is 15.9 Å². The predicted octanol–water partition coefficient (Wildman–Crippen LogP) is 3.58. The van der Waals surface area contributed by atoms with E-state index in [2.05, 4.69) is 64.4 Å². The lowest BCUT2D eigenvalue weighted by Crippen LogP contribution is -2.37. The van der Waals surface area contributed by atoms with Crippen LogP contribution in [0.3, 0.4) is 0 Å². The average Bonchev–Trinajstić information content (AvgIpc) is 2.78. The average molecular weight is 311 g/mol. The van der Waals surface area contributed by atoms with Crippen LogP contribution in [0.15, 0.2) is 28.7 Å². The summed E-state index contributed by atoms with van der Waals surface area (Å²) in [5.74, 6) is 0. The van der Waals surface area contributed by atoms with Crippen LogP contribution in [0.5, 0.6) is 0 Å². The number of likely N-dealkylation sites (N-methyl/N-ethyl adjacent to an activating group) is 1. The van der Waals surface area contributed by atoms with Gasteiger partial charge in [0.05, 0.1) is 0 Å². The maximum atomic E-state index is 3.72. The standard InChI is InChI=1S/C15H23BrN2/c1-3-15(12-6-8-13(16)9-7-12)17-11-14-5-4-10-18(14)2/h6-9,14-15,17H,3-5,10-11H2,1-2H3. The zero-order valence-electron chi connectivity index (χ0n) is 11.3. The molecule has 1 fully saturated rings. The smallest absolute Gasteiger partial charge is 0.0318 e. The lowest BCUT2D eigenvalue weighted by Gasteiger charge is -2.24. The Hall–Kier alpha value is -0.380. The van der Waals surface area contributed by atoms with E-state index in [9.17, 15) is 0 Å². The summed E-state index contributed by atoms with van der Waals surface area (Å²) in [6.07, 6.45) is 3.82. The molecule has 0 spiro atoms. The SMILES string of the molecule is CCC(NCC1CCCN1C)c1ccc(Br)cc1. The van der Waals surface area contributed by atoms with E-state index in [1.165, 1.54) is 24.9 Å². The number of likely N-dealkylation sites (tertiary alicyclic amines) is 1. The molecule has 0 aromatic heterocycles. The summed E-state index contributed by atoms with van der Waals surface area (Å²) in [4.78, 5) is 2.47. The van der Waals surface area contributed by atoms with E-state index in [0.717, 1.165) is 23.5 Å². The third-order valence-corrected chi connectivity index (χ3v) is 4.48. The molecule has 2 nitrogen and oxygen atoms in total. The molecule has 2 atom stereocenters. The van der Waals surface area contributed by atoms with Crippen LogP contribution in [0.2, 0.25) is 0 Å². The highest BCUT2D eigenvalue weighted by atomic mass is 79.9. The van der Waals surface area contributed by atoms with Crippen LogP contribution in [-0.2, 0) is 0 Å². The summed E-state index contributed by atoms with van der Waals surface area (Å²) in [6, 6.07) is 9.87. The van der Waals surface area contributed by atoms with E-state index in [1.54, 1.807) is 0 Å². The van der Waals surface area contributed by atoms with Crippen LogP contribution in [0.1, 0.15) is 37.8 Å². The van der Waals surface area contributed by atoms with Gasteiger partial charge in [-0.2, -0.15) is 0 Å². The van der Waals surface area contributed by atoms with Crippen molar-refractivity contribution in [3.8, 4) is 0 Å². The fourth-order valence-corrected chi connectivity index (χ4v) is 2.97. The minimum absolute atomic E-state index is 0.479. The monoisotopic (exact) mass is 310 g/mol. The molecule has 1 saturated heterocycles. The fraction of sp³-hybridized carbons (Fsp3) is 0.600. The van der Waals surface area contributed by atoms with Crippen molar-refractivity contribution in [2.24, 2.45) is 0 Å². The lowest BCUT2D eigenvalue weighted by atomic mass is 10.0. The van der Waals surface area contributed by atoms with Gasteiger partial charge in [-0.1, -0.05) is 35.0 Å². The van der Waals surface area contributed by atoms with Gasteiger partial charge in [-0.25, -0.2) is 0 Å². The molecule has 0 aliphatic carbocycles. The first-order valence-electron chi connectivity index (χ1n) is 6.89. The first-order chi connectivity index (χ1) is 8.70. The van der Waals surface area contributed by atoms with Gasteiger partial charge < -0.3 is 10.2 Å². The normalized spacial score (nSPS) is 22.3. The van der Waals surface area contributed by atoms with Crippen LogP contribution in [-0.4, -0.2) is 31.1 Å². The van der Waals surface area contributed by atoms with E-state index < -0.39 is 0 Å². The molecule has 1 N–H and O–H groups in total. The number of hydrogen-bond acceptors (Lipinski definition) is 2. The van der Waals surface area contributed by atoms with E-state index in [4.69, 9.17) is 0 Å². The van der Waals surface area contributed by atoms with Crippen molar-refractivity contribution in [1.82, 2.24) is 10.2 Å². The highest BCUT2D eigenvalue weighted by molar-refractivity contribution is 9.10. The first kappa shape index (κ1) is 14.0. The van der Waals surface area contributed by atoms with Crippen molar-refractivity contribution in [2.75, 3.05) is 20.1 Å². The van der Waals surface area contributed by atoms with Crippen LogP contribution in [0, 0.1) is 0 Å². The van der Waals surface area contributed by atoms with Gasteiger partial charge in [-0.05, 0) is 50.6 Å². The molecule has 0 saturated carbocycles. The summed E-state index contributed by atoms with van der Waals surface area (Å²) >= 11 is 3.49. The second-order valence-corrected chi connectivity index (χ2v) is 6.11. The van der Waals surface area contributed by atoms with Crippen molar-refractivity contribution >= 4 is 15.9 Å². The maximum Gasteiger partial charge on any atom is 0.0318 e. The zero-order valence-corrected chi connectivity index (χ0v) is 12.9. The quantitative estimate of drug-likeness (QED) is 0.894. The summed E-state index contributed by atoms with van der Waals surface area (Å²) in [7, 11) is 2.24. The highest BCUT2D eigenvalue weighted by Crippen LogP contribution is 2.21. The molecule has 2 rings (SSSR count). The van der Waals surface area contributed by atoms with E-state index in [1.807, 2.05) is 0 Å². The number of nitrogens with zero attached hydrogens (tertiary/aromatic N) is 1. The molecule has 100 valence electrons. The van der Waals surface area contributed by atoms with E-state index in [-0.39, 0.29) is 0 Å². The second-order valence-electron chi connectivity index (χ2n) is 5.20. The predicted molar refractivity (Wildman–Crippen MR) is 80.8 cm³/mol. The van der Waals surface area contributed by atoms with Gasteiger partial charge >= 0.3 is 0 Å². The molecule has 3 heteroatoms. The molecule has 1 aliphatic rings. The number of rotatable bonds is 5. The van der Waals surface area contributed by atoms with Gasteiger partial charge in [0.1, 0.15) is 0 Å². The van der Waals surface area contributed by atoms with E-state index in [0.29, 0.717) is 6.04 Å². The molecule has 1 heterocycles. The summed E-state index contributed by atoms with van der Waals surface area (Å²) in [6.45, 7) is 4.60. The lowest BCUT2D eigenvalue weighted by molar-refractivity contribution is 0.290. The maximum absolute atomic E-state index is 3.72. The van der Waals surface area contributed by atoms with Crippen molar-refractivity contribution in [3.63, 3.8) is 0 Å². The molecular formula is C15H23BrN2. The fourth-order valence-electron chi connectivity index (χ4n) is 2.71. The minimum Gasteiger partial charge on any atom is -0.308 e. The van der Waals surface area contributed by atoms with Gasteiger partial charge in [0.2, 0.25) is 0 Å². The van der Waals surface area contributed by atoms with Gasteiger partial charge in [-0.3, -0.25) is 0 Å². The summed E-state index contributed by atoms with van der Waals surface area (Å²) in [5, 5.41) is 3.72. The van der Waals surface area contributed by atoms with Crippen molar-refractivity contribution in [1.29, 1.82) is 0 Å². The van der Waals surface area contributed by atoms with Gasteiger partial charge in [0.15, 0.2) is 0 Å². The van der Waals surface area contributed by atoms with Crippen LogP contribution in [0.25, 0.3) is 0 Å². The van der Waals surface area contributed by atoms with Crippen molar-refractivity contribution < 1.29 is 0 Å². The zero-order chi connectivity index (χ0) is 13.0. The highest BCUT2D eigenvalue weighted by Gasteiger charge is 2.21. The number of benzene rings is 1. The Balaban J connectivity index is 1.91. The summed E-state index contributed by atoms with van der Waals surface area (Å²) < 4.78 is 1.15. The van der Waals surface area contributed by atoms with Gasteiger partial charge in [0, 0.05) is 23.1 Å². The molecule has 2 unspecified atom stereocenters. The Bertz CT molecular complexity index is 363. The largest absolute Gasteiger partial charge is 0.308 e. The molecule has 18 heavy (non-hydrogen) atoms. The van der Waals surface area contributed by atoms with Crippen LogP contribution in [0.4, 0.5) is 0 Å². The molecule has 1 aliphatic heterocycles.